The SMILES string of the molecule is CC(C(=O)N1CCCCC1)N1CCC(C)(CN)C1. The molecule has 2 heterocycles. The van der Waals surface area contributed by atoms with Crippen molar-refractivity contribution >= 4 is 5.91 Å². The molecular weight excluding hydrogens is 226 g/mol. The van der Waals surface area contributed by atoms with Gasteiger partial charge in [0, 0.05) is 19.6 Å². The van der Waals surface area contributed by atoms with Gasteiger partial charge in [-0.2, -0.15) is 0 Å². The molecule has 0 spiro atoms. The van der Waals surface area contributed by atoms with Gasteiger partial charge in [-0.1, -0.05) is 6.92 Å². The van der Waals surface area contributed by atoms with Crippen molar-refractivity contribution in [2.45, 2.75) is 45.6 Å². The first kappa shape index (κ1) is 13.8. The fourth-order valence-electron chi connectivity index (χ4n) is 3.09. The summed E-state index contributed by atoms with van der Waals surface area (Å²) in [7, 11) is 0. The zero-order valence-electron chi connectivity index (χ0n) is 11.8. The van der Waals surface area contributed by atoms with Crippen LogP contribution in [-0.2, 0) is 4.79 Å². The van der Waals surface area contributed by atoms with Gasteiger partial charge in [-0.25, -0.2) is 0 Å². The maximum atomic E-state index is 12.4. The van der Waals surface area contributed by atoms with Crippen molar-refractivity contribution < 1.29 is 4.79 Å². The van der Waals surface area contributed by atoms with Crippen molar-refractivity contribution in [3.63, 3.8) is 0 Å². The monoisotopic (exact) mass is 253 g/mol. The molecule has 2 N–H and O–H groups in total. The maximum absolute atomic E-state index is 12.4. The molecule has 0 aromatic carbocycles. The first-order chi connectivity index (χ1) is 8.56. The zero-order valence-corrected chi connectivity index (χ0v) is 11.8. The summed E-state index contributed by atoms with van der Waals surface area (Å²) in [6.45, 7) is 8.87. The number of carbonyl (C=O) groups is 1. The Kier molecular flexibility index (Phi) is 4.28. The summed E-state index contributed by atoms with van der Waals surface area (Å²) in [5, 5.41) is 0. The van der Waals surface area contributed by atoms with Gasteiger partial charge in [-0.3, -0.25) is 9.69 Å². The van der Waals surface area contributed by atoms with Gasteiger partial charge in [0.1, 0.15) is 0 Å². The molecule has 4 heteroatoms. The minimum Gasteiger partial charge on any atom is -0.341 e. The first-order valence-electron chi connectivity index (χ1n) is 7.29. The Bertz CT molecular complexity index is 301. The lowest BCUT2D eigenvalue weighted by Crippen LogP contribution is -2.48. The van der Waals surface area contributed by atoms with Crippen molar-refractivity contribution in [1.29, 1.82) is 0 Å². The molecule has 2 unspecified atom stereocenters. The van der Waals surface area contributed by atoms with Gasteiger partial charge in [-0.15, -0.1) is 0 Å². The quantitative estimate of drug-likeness (QED) is 0.818. The van der Waals surface area contributed by atoms with E-state index in [0.29, 0.717) is 12.5 Å². The average Bonchev–Trinajstić information content (AvgIpc) is 2.81. The van der Waals surface area contributed by atoms with E-state index in [2.05, 4.69) is 18.7 Å². The molecule has 0 aromatic rings. The normalized spacial score (nSPS) is 31.6. The zero-order chi connectivity index (χ0) is 13.2. The van der Waals surface area contributed by atoms with E-state index in [1.54, 1.807) is 0 Å². The average molecular weight is 253 g/mol. The van der Waals surface area contributed by atoms with Gasteiger partial charge in [0.15, 0.2) is 0 Å². The van der Waals surface area contributed by atoms with Crippen molar-refractivity contribution in [3.05, 3.63) is 0 Å². The standard InChI is InChI=1S/C14H27N3O/c1-12(13(18)16-7-4-3-5-8-16)17-9-6-14(2,10-15)11-17/h12H,3-11,15H2,1-2H3. The summed E-state index contributed by atoms with van der Waals surface area (Å²) in [5.74, 6) is 0.316. The molecule has 1 amide bonds. The van der Waals surface area contributed by atoms with Crippen LogP contribution in [0.1, 0.15) is 39.5 Å². The molecule has 104 valence electrons. The van der Waals surface area contributed by atoms with Gasteiger partial charge in [0.2, 0.25) is 5.91 Å². The van der Waals surface area contributed by atoms with Crippen molar-refractivity contribution in [1.82, 2.24) is 9.80 Å². The van der Waals surface area contributed by atoms with E-state index in [9.17, 15) is 4.79 Å². The summed E-state index contributed by atoms with van der Waals surface area (Å²) < 4.78 is 0. The molecule has 2 atom stereocenters. The third-order valence-electron chi connectivity index (χ3n) is 4.65. The molecule has 2 aliphatic rings. The Labute approximate surface area is 110 Å². The van der Waals surface area contributed by atoms with Gasteiger partial charge >= 0.3 is 0 Å². The predicted octanol–water partition coefficient (Wildman–Crippen LogP) is 1.06. The highest BCUT2D eigenvalue weighted by molar-refractivity contribution is 5.81. The number of amides is 1. The van der Waals surface area contributed by atoms with Gasteiger partial charge in [0.05, 0.1) is 6.04 Å². The maximum Gasteiger partial charge on any atom is 0.239 e. The second kappa shape index (κ2) is 5.57. The largest absolute Gasteiger partial charge is 0.341 e. The van der Waals surface area contributed by atoms with E-state index in [1.165, 1.54) is 19.3 Å². The first-order valence-corrected chi connectivity index (χ1v) is 7.29. The van der Waals surface area contributed by atoms with Crippen LogP contribution in [-0.4, -0.2) is 54.5 Å². The van der Waals surface area contributed by atoms with E-state index in [-0.39, 0.29) is 11.5 Å². The summed E-state index contributed by atoms with van der Waals surface area (Å²) in [6, 6.07) is 0.0245. The summed E-state index contributed by atoms with van der Waals surface area (Å²) >= 11 is 0. The van der Waals surface area contributed by atoms with Crippen LogP contribution in [0.2, 0.25) is 0 Å². The van der Waals surface area contributed by atoms with E-state index < -0.39 is 0 Å². The van der Waals surface area contributed by atoms with Crippen LogP contribution in [0, 0.1) is 5.41 Å². The van der Waals surface area contributed by atoms with E-state index in [4.69, 9.17) is 5.73 Å². The highest BCUT2D eigenvalue weighted by atomic mass is 16.2. The van der Waals surface area contributed by atoms with Crippen LogP contribution < -0.4 is 5.73 Å². The third-order valence-corrected chi connectivity index (χ3v) is 4.65. The number of likely N-dealkylation sites (tertiary alicyclic amines) is 2. The Morgan fingerprint density at radius 3 is 2.50 bits per heavy atom. The molecule has 2 aliphatic heterocycles. The molecule has 18 heavy (non-hydrogen) atoms. The van der Waals surface area contributed by atoms with Crippen LogP contribution in [0.15, 0.2) is 0 Å². The number of carbonyl (C=O) groups excluding carboxylic acids is 1. The van der Waals surface area contributed by atoms with Gasteiger partial charge < -0.3 is 10.6 Å². The Balaban J connectivity index is 1.91. The number of piperidine rings is 1. The van der Waals surface area contributed by atoms with Crippen LogP contribution in [0.3, 0.4) is 0 Å². The molecular formula is C14H27N3O. The number of nitrogens with two attached hydrogens (primary N) is 1. The number of rotatable bonds is 3. The molecule has 2 saturated heterocycles. The summed E-state index contributed by atoms with van der Waals surface area (Å²) in [4.78, 5) is 16.8. The Hall–Kier alpha value is -0.610. The smallest absolute Gasteiger partial charge is 0.239 e. The van der Waals surface area contributed by atoms with Crippen molar-refractivity contribution in [2.75, 3.05) is 32.7 Å². The summed E-state index contributed by atoms with van der Waals surface area (Å²) in [6.07, 6.45) is 4.71. The molecule has 0 saturated carbocycles. The molecule has 2 rings (SSSR count). The summed E-state index contributed by atoms with van der Waals surface area (Å²) in [5.41, 5.74) is 6.03. The van der Waals surface area contributed by atoms with Crippen molar-refractivity contribution in [3.8, 4) is 0 Å². The number of hydrogen-bond acceptors (Lipinski definition) is 3. The van der Waals surface area contributed by atoms with Crippen LogP contribution in [0.25, 0.3) is 0 Å². The number of nitrogens with zero attached hydrogens (tertiary/aromatic N) is 2. The Morgan fingerprint density at radius 2 is 1.94 bits per heavy atom. The second-order valence-electron chi connectivity index (χ2n) is 6.30. The minimum absolute atomic E-state index is 0.0245. The predicted molar refractivity (Wildman–Crippen MR) is 73.2 cm³/mol. The van der Waals surface area contributed by atoms with Gasteiger partial charge in [-0.05, 0) is 51.1 Å². The fraction of sp³-hybridized carbons (Fsp3) is 0.929. The highest BCUT2D eigenvalue weighted by Crippen LogP contribution is 2.30. The second-order valence-corrected chi connectivity index (χ2v) is 6.30. The lowest BCUT2D eigenvalue weighted by Gasteiger charge is -2.33. The van der Waals surface area contributed by atoms with Gasteiger partial charge in [0.25, 0.3) is 0 Å². The Morgan fingerprint density at radius 1 is 1.28 bits per heavy atom. The van der Waals surface area contributed by atoms with E-state index in [1.807, 2.05) is 4.90 Å². The van der Waals surface area contributed by atoms with Crippen LogP contribution >= 0.6 is 0 Å². The molecule has 0 aromatic heterocycles. The fourth-order valence-corrected chi connectivity index (χ4v) is 3.09. The van der Waals surface area contributed by atoms with Crippen LogP contribution in [0.5, 0.6) is 0 Å². The molecule has 0 radical (unpaired) electrons. The van der Waals surface area contributed by atoms with E-state index >= 15 is 0 Å². The molecule has 0 aliphatic carbocycles. The van der Waals surface area contributed by atoms with Crippen molar-refractivity contribution in [2.24, 2.45) is 11.1 Å². The lowest BCUT2D eigenvalue weighted by molar-refractivity contribution is -0.137. The topological polar surface area (TPSA) is 49.6 Å². The lowest BCUT2D eigenvalue weighted by atomic mass is 9.90. The highest BCUT2D eigenvalue weighted by Gasteiger charge is 2.37. The third kappa shape index (κ3) is 2.86. The molecule has 0 bridgehead atoms. The molecule has 2 fully saturated rings. The minimum atomic E-state index is 0.0245. The van der Waals surface area contributed by atoms with Crippen LogP contribution in [0.4, 0.5) is 0 Å². The molecule has 4 nitrogen and oxygen atoms in total. The number of hydrogen-bond donors (Lipinski definition) is 1. The van der Waals surface area contributed by atoms with E-state index in [0.717, 1.165) is 32.6 Å².